The summed E-state index contributed by atoms with van der Waals surface area (Å²) < 4.78 is 5.18. The molecule has 0 fully saturated rings. The molecule has 0 heterocycles. The maximum Gasteiger partial charge on any atom is 0.322 e. The molecule has 0 aliphatic rings. The first-order valence-corrected chi connectivity index (χ1v) is 9.34. The second kappa shape index (κ2) is 16.8. The van der Waals surface area contributed by atoms with Crippen LogP contribution in [-0.2, 0) is 9.53 Å². The van der Waals surface area contributed by atoms with Crippen LogP contribution in [0.1, 0.15) is 90.4 Å². The molecular formula is C18H38N2O2. The zero-order chi connectivity index (χ0) is 16.5. The third-order valence-corrected chi connectivity index (χ3v) is 4.01. The first kappa shape index (κ1) is 21.4. The Labute approximate surface area is 137 Å². The highest BCUT2D eigenvalue weighted by molar-refractivity contribution is 5.75. The van der Waals surface area contributed by atoms with Crippen LogP contribution in [0.2, 0.25) is 0 Å². The van der Waals surface area contributed by atoms with Gasteiger partial charge in [0.1, 0.15) is 6.04 Å². The van der Waals surface area contributed by atoms with E-state index in [1.807, 2.05) is 0 Å². The van der Waals surface area contributed by atoms with E-state index in [0.717, 1.165) is 45.1 Å². The average molecular weight is 315 g/mol. The number of ether oxygens (including phenoxy) is 1. The number of nitrogens with two attached hydrogens (primary N) is 2. The van der Waals surface area contributed by atoms with Gasteiger partial charge in [-0.25, -0.2) is 0 Å². The van der Waals surface area contributed by atoms with Crippen molar-refractivity contribution in [3.63, 3.8) is 0 Å². The van der Waals surface area contributed by atoms with Crippen molar-refractivity contribution in [3.8, 4) is 0 Å². The number of esters is 1. The first-order valence-electron chi connectivity index (χ1n) is 9.34. The Morgan fingerprint density at radius 3 is 1.95 bits per heavy atom. The summed E-state index contributed by atoms with van der Waals surface area (Å²) in [5.74, 6) is -0.226. The molecule has 22 heavy (non-hydrogen) atoms. The molecule has 132 valence electrons. The maximum atomic E-state index is 11.6. The van der Waals surface area contributed by atoms with Gasteiger partial charge in [0.2, 0.25) is 0 Å². The van der Waals surface area contributed by atoms with E-state index >= 15 is 0 Å². The predicted molar refractivity (Wildman–Crippen MR) is 93.7 cm³/mol. The molecule has 0 radical (unpaired) electrons. The van der Waals surface area contributed by atoms with Crippen LogP contribution < -0.4 is 11.5 Å². The van der Waals surface area contributed by atoms with E-state index in [9.17, 15) is 4.79 Å². The zero-order valence-electron chi connectivity index (χ0n) is 14.7. The van der Waals surface area contributed by atoms with E-state index in [0.29, 0.717) is 6.61 Å². The number of rotatable bonds is 16. The number of hydrogen-bond acceptors (Lipinski definition) is 4. The summed E-state index contributed by atoms with van der Waals surface area (Å²) in [5.41, 5.74) is 11.3. The molecule has 0 aliphatic heterocycles. The Hall–Kier alpha value is -0.610. The normalized spacial score (nSPS) is 12.3. The lowest BCUT2D eigenvalue weighted by atomic mass is 10.0. The van der Waals surface area contributed by atoms with Crippen LogP contribution in [0.25, 0.3) is 0 Å². The summed E-state index contributed by atoms with van der Waals surface area (Å²) in [7, 11) is 0. The Morgan fingerprint density at radius 2 is 1.41 bits per heavy atom. The first-order chi connectivity index (χ1) is 10.7. The van der Waals surface area contributed by atoms with Crippen LogP contribution in [0.4, 0.5) is 0 Å². The van der Waals surface area contributed by atoms with E-state index in [-0.39, 0.29) is 5.97 Å². The van der Waals surface area contributed by atoms with Gasteiger partial charge in [0.15, 0.2) is 0 Å². The highest BCUT2D eigenvalue weighted by Gasteiger charge is 2.13. The third-order valence-electron chi connectivity index (χ3n) is 4.01. The summed E-state index contributed by atoms with van der Waals surface area (Å²) in [6, 6.07) is -0.433. The molecule has 0 aromatic carbocycles. The zero-order valence-corrected chi connectivity index (χ0v) is 14.7. The Bertz CT molecular complexity index is 247. The van der Waals surface area contributed by atoms with Crippen LogP contribution in [0, 0.1) is 0 Å². The van der Waals surface area contributed by atoms with Crippen molar-refractivity contribution in [3.05, 3.63) is 0 Å². The largest absolute Gasteiger partial charge is 0.465 e. The molecule has 4 N–H and O–H groups in total. The molecular weight excluding hydrogens is 276 g/mol. The van der Waals surface area contributed by atoms with Crippen LogP contribution in [0.15, 0.2) is 0 Å². The highest BCUT2D eigenvalue weighted by Crippen LogP contribution is 2.11. The summed E-state index contributed by atoms with van der Waals surface area (Å²) in [5, 5.41) is 0. The predicted octanol–water partition coefficient (Wildman–Crippen LogP) is 3.91. The minimum Gasteiger partial charge on any atom is -0.465 e. The molecule has 0 spiro atoms. The van der Waals surface area contributed by atoms with Crippen LogP contribution in [-0.4, -0.2) is 25.2 Å². The van der Waals surface area contributed by atoms with Crippen molar-refractivity contribution in [2.45, 2.75) is 96.4 Å². The Balaban J connectivity index is 3.30. The fourth-order valence-electron chi connectivity index (χ4n) is 2.50. The molecule has 0 rings (SSSR count). The molecule has 0 aromatic rings. The Morgan fingerprint density at radius 1 is 0.864 bits per heavy atom. The van der Waals surface area contributed by atoms with E-state index in [1.165, 1.54) is 44.9 Å². The minimum atomic E-state index is -0.433. The van der Waals surface area contributed by atoms with Gasteiger partial charge in [-0.1, -0.05) is 71.1 Å². The van der Waals surface area contributed by atoms with Gasteiger partial charge in [-0.2, -0.15) is 0 Å². The van der Waals surface area contributed by atoms with Crippen LogP contribution in [0.5, 0.6) is 0 Å². The van der Waals surface area contributed by atoms with Gasteiger partial charge in [0, 0.05) is 0 Å². The molecule has 1 atom stereocenters. The molecule has 0 saturated carbocycles. The van der Waals surface area contributed by atoms with E-state index in [2.05, 4.69) is 6.92 Å². The van der Waals surface area contributed by atoms with Crippen molar-refractivity contribution < 1.29 is 9.53 Å². The minimum absolute atomic E-state index is 0.226. The Kier molecular flexibility index (Phi) is 16.3. The lowest BCUT2D eigenvalue weighted by Crippen LogP contribution is -2.32. The number of unbranched alkanes of at least 4 members (excludes halogenated alkanes) is 10. The molecule has 0 aliphatic carbocycles. The van der Waals surface area contributed by atoms with Crippen molar-refractivity contribution in [2.24, 2.45) is 11.5 Å². The lowest BCUT2D eigenvalue weighted by molar-refractivity contribution is -0.145. The van der Waals surface area contributed by atoms with Crippen molar-refractivity contribution in [1.29, 1.82) is 0 Å². The van der Waals surface area contributed by atoms with Gasteiger partial charge in [-0.15, -0.1) is 0 Å². The van der Waals surface area contributed by atoms with Crippen LogP contribution >= 0.6 is 0 Å². The smallest absolute Gasteiger partial charge is 0.322 e. The molecule has 0 aromatic heterocycles. The second-order valence-electron chi connectivity index (χ2n) is 6.24. The third kappa shape index (κ3) is 14.3. The van der Waals surface area contributed by atoms with Gasteiger partial charge < -0.3 is 16.2 Å². The second-order valence-corrected chi connectivity index (χ2v) is 6.24. The maximum absolute atomic E-state index is 11.6. The molecule has 1 unspecified atom stereocenters. The average Bonchev–Trinajstić information content (AvgIpc) is 2.53. The highest BCUT2D eigenvalue weighted by atomic mass is 16.5. The summed E-state index contributed by atoms with van der Waals surface area (Å²) in [4.78, 5) is 11.6. The number of hydrogen-bond donors (Lipinski definition) is 2. The summed E-state index contributed by atoms with van der Waals surface area (Å²) in [6.45, 7) is 3.47. The van der Waals surface area contributed by atoms with Crippen molar-refractivity contribution in [1.82, 2.24) is 0 Å². The fraction of sp³-hybridized carbons (Fsp3) is 0.944. The SMILES string of the molecule is CCCCCOC(=O)C(N)CCCCCCCCCCCN. The number of carbonyl (C=O) groups excluding carboxylic acids is 1. The van der Waals surface area contributed by atoms with Gasteiger partial charge in [0.05, 0.1) is 6.61 Å². The van der Waals surface area contributed by atoms with E-state index < -0.39 is 6.04 Å². The summed E-state index contributed by atoms with van der Waals surface area (Å²) >= 11 is 0. The van der Waals surface area contributed by atoms with E-state index in [1.54, 1.807) is 0 Å². The van der Waals surface area contributed by atoms with Gasteiger partial charge in [-0.3, -0.25) is 4.79 Å². The summed E-state index contributed by atoms with van der Waals surface area (Å²) in [6.07, 6.45) is 15.0. The fourth-order valence-corrected chi connectivity index (χ4v) is 2.50. The molecule has 4 nitrogen and oxygen atoms in total. The van der Waals surface area contributed by atoms with Crippen molar-refractivity contribution in [2.75, 3.05) is 13.2 Å². The monoisotopic (exact) mass is 314 g/mol. The molecule has 0 bridgehead atoms. The number of carbonyl (C=O) groups is 1. The van der Waals surface area contributed by atoms with Gasteiger partial charge >= 0.3 is 5.97 Å². The lowest BCUT2D eigenvalue weighted by Gasteiger charge is -2.11. The van der Waals surface area contributed by atoms with Gasteiger partial charge in [0.25, 0.3) is 0 Å². The molecule has 0 amide bonds. The van der Waals surface area contributed by atoms with Gasteiger partial charge in [-0.05, 0) is 25.8 Å². The quantitative estimate of drug-likeness (QED) is 0.334. The molecule has 4 heteroatoms. The standard InChI is InChI=1S/C18H38N2O2/c1-2-3-13-16-22-18(21)17(20)14-11-9-7-5-4-6-8-10-12-15-19/h17H,2-16,19-20H2,1H3. The van der Waals surface area contributed by atoms with Crippen molar-refractivity contribution >= 4 is 5.97 Å². The molecule has 0 saturated heterocycles. The van der Waals surface area contributed by atoms with Crippen LogP contribution in [0.3, 0.4) is 0 Å². The van der Waals surface area contributed by atoms with E-state index in [4.69, 9.17) is 16.2 Å². The topological polar surface area (TPSA) is 78.3 Å².